The number of nitrogens with one attached hydrogen (secondary N) is 1. The van der Waals surface area contributed by atoms with Crippen molar-refractivity contribution < 1.29 is 4.52 Å². The number of hydrogen-bond donors (Lipinski definition) is 1. The minimum atomic E-state index is 0.216. The van der Waals surface area contributed by atoms with Gasteiger partial charge in [0.25, 0.3) is 0 Å². The zero-order valence-corrected chi connectivity index (χ0v) is 12.5. The van der Waals surface area contributed by atoms with Crippen molar-refractivity contribution in [2.45, 2.75) is 32.5 Å². The number of nitrogens with zero attached hydrogens (tertiary/aromatic N) is 5. The van der Waals surface area contributed by atoms with Crippen molar-refractivity contribution in [3.63, 3.8) is 0 Å². The fourth-order valence-electron chi connectivity index (χ4n) is 2.11. The smallest absolute Gasteiger partial charge is 0.240 e. The molecule has 3 heterocycles. The number of aromatic nitrogens is 5. The Morgan fingerprint density at radius 2 is 2.18 bits per heavy atom. The largest absolute Gasteiger partial charge is 0.338 e. The molecule has 0 amide bonds. The van der Waals surface area contributed by atoms with Gasteiger partial charge >= 0.3 is 0 Å². The van der Waals surface area contributed by atoms with Crippen LogP contribution in [0.25, 0.3) is 11.4 Å². The predicted octanol–water partition coefficient (Wildman–Crippen LogP) is 2.07. The molecule has 7 heteroatoms. The predicted molar refractivity (Wildman–Crippen MR) is 80.8 cm³/mol. The molecule has 0 spiro atoms. The van der Waals surface area contributed by atoms with Crippen molar-refractivity contribution in [1.29, 1.82) is 0 Å². The highest BCUT2D eigenvalue weighted by Crippen LogP contribution is 2.14. The highest BCUT2D eigenvalue weighted by atomic mass is 16.5. The van der Waals surface area contributed by atoms with Gasteiger partial charge in [0.15, 0.2) is 0 Å². The topological polar surface area (TPSA) is 81.7 Å². The van der Waals surface area contributed by atoms with Crippen molar-refractivity contribution in [3.8, 4) is 11.4 Å². The molecule has 3 rings (SSSR count). The third kappa shape index (κ3) is 3.20. The summed E-state index contributed by atoms with van der Waals surface area (Å²) in [4.78, 5) is 8.42. The van der Waals surface area contributed by atoms with Crippen molar-refractivity contribution in [2.24, 2.45) is 0 Å². The van der Waals surface area contributed by atoms with Crippen LogP contribution in [0.5, 0.6) is 0 Å². The van der Waals surface area contributed by atoms with Crippen LogP contribution in [0.2, 0.25) is 0 Å². The Hall–Kier alpha value is -2.54. The molecule has 22 heavy (non-hydrogen) atoms. The molecule has 0 aromatic carbocycles. The molecule has 3 aromatic rings. The fourth-order valence-corrected chi connectivity index (χ4v) is 2.11. The number of pyridine rings is 1. The van der Waals surface area contributed by atoms with E-state index in [0.717, 1.165) is 5.56 Å². The SMILES string of the molecule is C[C@H](NCc1nc(-c2cccnc2)no1)[C@@H](C)n1cccn1. The molecule has 114 valence electrons. The molecule has 3 aromatic heterocycles. The first-order chi connectivity index (χ1) is 10.7. The summed E-state index contributed by atoms with van der Waals surface area (Å²) in [5, 5.41) is 11.6. The van der Waals surface area contributed by atoms with Crippen LogP contribution in [0.15, 0.2) is 47.5 Å². The van der Waals surface area contributed by atoms with E-state index >= 15 is 0 Å². The van der Waals surface area contributed by atoms with Gasteiger partial charge in [-0.05, 0) is 32.0 Å². The van der Waals surface area contributed by atoms with E-state index in [1.807, 2.05) is 29.1 Å². The summed E-state index contributed by atoms with van der Waals surface area (Å²) in [6.07, 6.45) is 7.16. The zero-order valence-electron chi connectivity index (χ0n) is 12.5. The normalized spacial score (nSPS) is 13.9. The Kier molecular flexibility index (Phi) is 4.24. The summed E-state index contributed by atoms with van der Waals surface area (Å²) in [6.45, 7) is 4.73. The number of rotatable bonds is 6. The lowest BCUT2D eigenvalue weighted by atomic mass is 10.2. The van der Waals surface area contributed by atoms with Gasteiger partial charge in [-0.2, -0.15) is 10.1 Å². The monoisotopic (exact) mass is 298 g/mol. The lowest BCUT2D eigenvalue weighted by Crippen LogP contribution is -2.33. The molecule has 7 nitrogen and oxygen atoms in total. The second kappa shape index (κ2) is 6.48. The summed E-state index contributed by atoms with van der Waals surface area (Å²) in [5.41, 5.74) is 0.843. The van der Waals surface area contributed by atoms with Crippen molar-refractivity contribution >= 4 is 0 Å². The molecule has 1 N–H and O–H groups in total. The maximum Gasteiger partial charge on any atom is 0.240 e. The zero-order chi connectivity index (χ0) is 15.4. The van der Waals surface area contributed by atoms with Crippen molar-refractivity contribution in [2.75, 3.05) is 0 Å². The van der Waals surface area contributed by atoms with E-state index in [2.05, 4.69) is 39.4 Å². The molecule has 0 radical (unpaired) electrons. The van der Waals surface area contributed by atoms with Crippen LogP contribution in [0, 0.1) is 0 Å². The van der Waals surface area contributed by atoms with E-state index < -0.39 is 0 Å². The van der Waals surface area contributed by atoms with Gasteiger partial charge in [0.2, 0.25) is 11.7 Å². The molecule has 0 aliphatic heterocycles. The molecule has 0 saturated carbocycles. The lowest BCUT2D eigenvalue weighted by molar-refractivity contribution is 0.325. The molecule has 0 unspecified atom stereocenters. The van der Waals surface area contributed by atoms with E-state index in [9.17, 15) is 0 Å². The van der Waals surface area contributed by atoms with Crippen LogP contribution in [-0.2, 0) is 6.54 Å². The maximum absolute atomic E-state index is 5.27. The quantitative estimate of drug-likeness (QED) is 0.750. The fraction of sp³-hybridized carbons (Fsp3) is 0.333. The van der Waals surface area contributed by atoms with Crippen molar-refractivity contribution in [1.82, 2.24) is 30.2 Å². The van der Waals surface area contributed by atoms with Crippen LogP contribution >= 0.6 is 0 Å². The highest BCUT2D eigenvalue weighted by molar-refractivity contribution is 5.51. The standard InChI is InChI=1S/C15H18N6O/c1-11(12(2)21-8-4-7-18-21)17-10-14-19-15(20-22-14)13-5-3-6-16-9-13/h3-9,11-12,17H,10H2,1-2H3/t11-,12+/m0/s1. The molecular formula is C15H18N6O. The van der Waals surface area contributed by atoms with Gasteiger partial charge in [-0.1, -0.05) is 5.16 Å². The summed E-state index contributed by atoms with van der Waals surface area (Å²) in [7, 11) is 0. The summed E-state index contributed by atoms with van der Waals surface area (Å²) < 4.78 is 7.19. The Labute approximate surface area is 128 Å². The third-order valence-electron chi connectivity index (χ3n) is 3.63. The van der Waals surface area contributed by atoms with Gasteiger partial charge in [-0.25, -0.2) is 0 Å². The minimum Gasteiger partial charge on any atom is -0.338 e. The van der Waals surface area contributed by atoms with Crippen LogP contribution in [-0.4, -0.2) is 30.9 Å². The molecular weight excluding hydrogens is 280 g/mol. The van der Waals surface area contributed by atoms with Gasteiger partial charge in [-0.3, -0.25) is 9.67 Å². The molecule has 0 bridgehead atoms. The summed E-state index contributed by atoms with van der Waals surface area (Å²) >= 11 is 0. The lowest BCUT2D eigenvalue weighted by Gasteiger charge is -2.20. The van der Waals surface area contributed by atoms with Gasteiger partial charge in [0.1, 0.15) is 0 Å². The molecule has 0 saturated heterocycles. The Morgan fingerprint density at radius 1 is 1.27 bits per heavy atom. The Morgan fingerprint density at radius 3 is 2.91 bits per heavy atom. The summed E-state index contributed by atoms with van der Waals surface area (Å²) in [6, 6.07) is 6.11. The second-order valence-corrected chi connectivity index (χ2v) is 5.15. The van der Waals surface area contributed by atoms with E-state index in [-0.39, 0.29) is 12.1 Å². The van der Waals surface area contributed by atoms with E-state index in [4.69, 9.17) is 4.52 Å². The average molecular weight is 298 g/mol. The van der Waals surface area contributed by atoms with E-state index in [1.165, 1.54) is 0 Å². The van der Waals surface area contributed by atoms with Crippen LogP contribution in [0.3, 0.4) is 0 Å². The molecule has 0 fully saturated rings. The first kappa shape index (κ1) is 14.4. The first-order valence-corrected chi connectivity index (χ1v) is 7.19. The van der Waals surface area contributed by atoms with Crippen molar-refractivity contribution in [3.05, 3.63) is 48.9 Å². The van der Waals surface area contributed by atoms with E-state index in [1.54, 1.807) is 18.6 Å². The van der Waals surface area contributed by atoms with Gasteiger partial charge in [0, 0.05) is 36.4 Å². The average Bonchev–Trinajstić information content (AvgIpc) is 3.24. The second-order valence-electron chi connectivity index (χ2n) is 5.15. The first-order valence-electron chi connectivity index (χ1n) is 7.19. The van der Waals surface area contributed by atoms with E-state index in [0.29, 0.717) is 18.3 Å². The highest BCUT2D eigenvalue weighted by Gasteiger charge is 2.15. The van der Waals surface area contributed by atoms with Crippen LogP contribution < -0.4 is 5.32 Å². The number of hydrogen-bond acceptors (Lipinski definition) is 6. The summed E-state index contributed by atoms with van der Waals surface area (Å²) in [5.74, 6) is 1.11. The molecule has 0 aliphatic rings. The Bertz CT molecular complexity index is 694. The Balaban J connectivity index is 1.59. The van der Waals surface area contributed by atoms with Gasteiger partial charge < -0.3 is 9.84 Å². The molecule has 2 atom stereocenters. The van der Waals surface area contributed by atoms with Gasteiger partial charge in [-0.15, -0.1) is 0 Å². The molecule has 0 aliphatic carbocycles. The third-order valence-corrected chi connectivity index (χ3v) is 3.63. The maximum atomic E-state index is 5.27. The van der Waals surface area contributed by atoms with Gasteiger partial charge in [0.05, 0.1) is 12.6 Å². The van der Waals surface area contributed by atoms with Crippen LogP contribution in [0.1, 0.15) is 25.8 Å². The van der Waals surface area contributed by atoms with Crippen LogP contribution in [0.4, 0.5) is 0 Å². The minimum absolute atomic E-state index is 0.216.